The first kappa shape index (κ1) is 16.4. The second-order valence-corrected chi connectivity index (χ2v) is 7.32. The molecule has 1 aromatic carbocycles. The molecule has 0 aliphatic heterocycles. The van der Waals surface area contributed by atoms with Gasteiger partial charge in [0.25, 0.3) is 0 Å². The van der Waals surface area contributed by atoms with Gasteiger partial charge in [-0.2, -0.15) is 0 Å². The van der Waals surface area contributed by atoms with Crippen LogP contribution in [-0.2, 0) is 10.0 Å². The molecular weight excluding hydrogens is 291 g/mol. The maximum Gasteiger partial charge on any atom is 0.241 e. The Kier molecular flexibility index (Phi) is 5.35. The maximum absolute atomic E-state index is 13.3. The molecule has 2 rings (SSSR count). The molecule has 118 valence electrons. The van der Waals surface area contributed by atoms with Gasteiger partial charge in [0, 0.05) is 12.1 Å². The Labute approximate surface area is 126 Å². The van der Waals surface area contributed by atoms with Gasteiger partial charge in [-0.1, -0.05) is 13.0 Å². The highest BCUT2D eigenvalue weighted by Gasteiger charge is 2.26. The van der Waals surface area contributed by atoms with E-state index in [-0.39, 0.29) is 10.9 Å². The van der Waals surface area contributed by atoms with Gasteiger partial charge in [-0.15, -0.1) is 0 Å². The highest BCUT2D eigenvalue weighted by molar-refractivity contribution is 7.89. The molecule has 1 aliphatic rings. The van der Waals surface area contributed by atoms with E-state index in [9.17, 15) is 12.8 Å². The third-order valence-electron chi connectivity index (χ3n) is 3.98. The standard InChI is InChI=1S/C15H23FN2O2S/c1-3-17-13-6-8-14(9-7-13)18-21(19,20)15-10-12(16)5-4-11(15)2/h4-5,10,13-14,17-18H,3,6-9H2,1-2H3. The van der Waals surface area contributed by atoms with Crippen LogP contribution in [0.5, 0.6) is 0 Å². The van der Waals surface area contributed by atoms with Crippen LogP contribution in [0.2, 0.25) is 0 Å². The van der Waals surface area contributed by atoms with E-state index >= 15 is 0 Å². The smallest absolute Gasteiger partial charge is 0.241 e. The fraction of sp³-hybridized carbons (Fsp3) is 0.600. The summed E-state index contributed by atoms with van der Waals surface area (Å²) in [6.45, 7) is 4.68. The molecule has 1 aliphatic carbocycles. The molecule has 0 atom stereocenters. The van der Waals surface area contributed by atoms with Crippen molar-refractivity contribution < 1.29 is 12.8 Å². The number of hydrogen-bond donors (Lipinski definition) is 2. The molecule has 0 heterocycles. The number of rotatable bonds is 5. The fourth-order valence-corrected chi connectivity index (χ4v) is 4.41. The Bertz CT molecular complexity index is 581. The van der Waals surface area contributed by atoms with Crippen molar-refractivity contribution >= 4 is 10.0 Å². The lowest BCUT2D eigenvalue weighted by Crippen LogP contribution is -2.42. The van der Waals surface area contributed by atoms with Crippen LogP contribution in [0.3, 0.4) is 0 Å². The quantitative estimate of drug-likeness (QED) is 0.877. The highest BCUT2D eigenvalue weighted by Crippen LogP contribution is 2.22. The number of nitrogens with one attached hydrogen (secondary N) is 2. The lowest BCUT2D eigenvalue weighted by atomic mass is 9.92. The van der Waals surface area contributed by atoms with E-state index in [1.807, 2.05) is 0 Å². The minimum atomic E-state index is -3.65. The van der Waals surface area contributed by atoms with Crippen molar-refractivity contribution in [3.05, 3.63) is 29.6 Å². The second-order valence-electron chi connectivity index (χ2n) is 5.64. The van der Waals surface area contributed by atoms with E-state index in [1.54, 1.807) is 6.92 Å². The largest absolute Gasteiger partial charge is 0.314 e. The lowest BCUT2D eigenvalue weighted by Gasteiger charge is -2.29. The topological polar surface area (TPSA) is 58.2 Å². The summed E-state index contributed by atoms with van der Waals surface area (Å²) >= 11 is 0. The molecule has 0 bridgehead atoms. The van der Waals surface area contributed by atoms with Gasteiger partial charge in [-0.05, 0) is 56.8 Å². The van der Waals surface area contributed by atoms with Gasteiger partial charge < -0.3 is 5.32 Å². The van der Waals surface area contributed by atoms with Crippen LogP contribution in [0, 0.1) is 12.7 Å². The molecule has 0 unspecified atom stereocenters. The van der Waals surface area contributed by atoms with Gasteiger partial charge in [0.05, 0.1) is 4.90 Å². The van der Waals surface area contributed by atoms with Crippen molar-refractivity contribution in [2.45, 2.75) is 56.5 Å². The van der Waals surface area contributed by atoms with Gasteiger partial charge >= 0.3 is 0 Å². The van der Waals surface area contributed by atoms with Crippen molar-refractivity contribution in [2.75, 3.05) is 6.54 Å². The average Bonchev–Trinajstić information content (AvgIpc) is 2.43. The first-order valence-corrected chi connectivity index (χ1v) is 8.92. The molecule has 0 saturated heterocycles. The van der Waals surface area contributed by atoms with Crippen molar-refractivity contribution in [3.8, 4) is 0 Å². The number of hydrogen-bond acceptors (Lipinski definition) is 3. The molecule has 2 N–H and O–H groups in total. The van der Waals surface area contributed by atoms with E-state index < -0.39 is 15.8 Å². The van der Waals surface area contributed by atoms with Gasteiger partial charge in [0.2, 0.25) is 10.0 Å². The predicted octanol–water partition coefficient (Wildman–Crippen LogP) is 2.33. The average molecular weight is 314 g/mol. The third kappa shape index (κ3) is 4.25. The zero-order valence-electron chi connectivity index (χ0n) is 12.5. The molecule has 0 amide bonds. The first-order chi connectivity index (χ1) is 9.92. The summed E-state index contributed by atoms with van der Waals surface area (Å²) in [5.41, 5.74) is 0.560. The van der Waals surface area contributed by atoms with Gasteiger partial charge in [0.15, 0.2) is 0 Å². The van der Waals surface area contributed by atoms with Crippen LogP contribution in [0.15, 0.2) is 23.1 Å². The van der Waals surface area contributed by atoms with Gasteiger partial charge in [-0.25, -0.2) is 17.5 Å². The summed E-state index contributed by atoms with van der Waals surface area (Å²) in [5.74, 6) is -0.531. The Morgan fingerprint density at radius 2 is 1.81 bits per heavy atom. The molecule has 1 saturated carbocycles. The SMILES string of the molecule is CCNC1CCC(NS(=O)(=O)c2cc(F)ccc2C)CC1. The molecular formula is C15H23FN2O2S. The van der Waals surface area contributed by atoms with Crippen LogP contribution in [0.1, 0.15) is 38.2 Å². The normalized spacial score (nSPS) is 23.2. The molecule has 6 heteroatoms. The van der Waals surface area contributed by atoms with Crippen LogP contribution in [0.4, 0.5) is 4.39 Å². The van der Waals surface area contributed by atoms with Crippen LogP contribution >= 0.6 is 0 Å². The van der Waals surface area contributed by atoms with Gasteiger partial charge in [-0.3, -0.25) is 0 Å². The van der Waals surface area contributed by atoms with Crippen molar-refractivity contribution in [1.82, 2.24) is 10.0 Å². The predicted molar refractivity (Wildman–Crippen MR) is 81.2 cm³/mol. The molecule has 1 fully saturated rings. The maximum atomic E-state index is 13.3. The lowest BCUT2D eigenvalue weighted by molar-refractivity contribution is 0.333. The number of halogens is 1. The van der Waals surface area contributed by atoms with Crippen LogP contribution in [-0.4, -0.2) is 27.0 Å². The fourth-order valence-electron chi connectivity index (χ4n) is 2.85. The van der Waals surface area contributed by atoms with E-state index in [2.05, 4.69) is 17.0 Å². The number of benzene rings is 1. The Morgan fingerprint density at radius 3 is 2.43 bits per heavy atom. The summed E-state index contributed by atoms with van der Waals surface area (Å²) in [7, 11) is -3.65. The zero-order chi connectivity index (χ0) is 15.5. The van der Waals surface area contributed by atoms with E-state index in [0.717, 1.165) is 38.3 Å². The molecule has 1 aromatic rings. The Balaban J connectivity index is 2.04. The summed E-state index contributed by atoms with van der Waals surface area (Å²) < 4.78 is 40.8. The Morgan fingerprint density at radius 1 is 1.19 bits per heavy atom. The molecule has 4 nitrogen and oxygen atoms in total. The van der Waals surface area contributed by atoms with E-state index in [0.29, 0.717) is 11.6 Å². The molecule has 0 aromatic heterocycles. The van der Waals surface area contributed by atoms with Crippen molar-refractivity contribution in [2.24, 2.45) is 0 Å². The summed E-state index contributed by atoms with van der Waals surface area (Å²) in [6.07, 6.45) is 3.54. The molecule has 0 spiro atoms. The van der Waals surface area contributed by atoms with Crippen LogP contribution < -0.4 is 10.0 Å². The first-order valence-electron chi connectivity index (χ1n) is 7.44. The number of aryl methyl sites for hydroxylation is 1. The number of sulfonamides is 1. The van der Waals surface area contributed by atoms with Crippen molar-refractivity contribution in [1.29, 1.82) is 0 Å². The van der Waals surface area contributed by atoms with Gasteiger partial charge in [0.1, 0.15) is 5.82 Å². The second kappa shape index (κ2) is 6.85. The Hall–Kier alpha value is -0.980. The monoisotopic (exact) mass is 314 g/mol. The molecule has 0 radical (unpaired) electrons. The van der Waals surface area contributed by atoms with Crippen LogP contribution in [0.25, 0.3) is 0 Å². The summed E-state index contributed by atoms with van der Waals surface area (Å²) in [6, 6.07) is 4.27. The molecule has 21 heavy (non-hydrogen) atoms. The van der Waals surface area contributed by atoms with E-state index in [1.165, 1.54) is 12.1 Å². The minimum Gasteiger partial charge on any atom is -0.314 e. The summed E-state index contributed by atoms with van der Waals surface area (Å²) in [5, 5.41) is 3.39. The minimum absolute atomic E-state index is 0.0382. The van der Waals surface area contributed by atoms with Crippen molar-refractivity contribution in [3.63, 3.8) is 0 Å². The summed E-state index contributed by atoms with van der Waals surface area (Å²) in [4.78, 5) is 0.0382. The zero-order valence-corrected chi connectivity index (χ0v) is 13.3. The highest BCUT2D eigenvalue weighted by atomic mass is 32.2. The van der Waals surface area contributed by atoms with E-state index in [4.69, 9.17) is 0 Å². The third-order valence-corrected chi connectivity index (χ3v) is 5.64.